The number of ether oxygens (including phenoxy) is 7. The number of hydrogen-bond donors (Lipinski definition) is 0. The van der Waals surface area contributed by atoms with Crippen LogP contribution in [0.1, 0.15) is 311 Å². The number of hydrogen-bond acceptors (Lipinski definition) is 7. The predicted octanol–water partition coefficient (Wildman–Crippen LogP) is 19.9. The van der Waals surface area contributed by atoms with E-state index in [1.54, 1.807) is 0 Å². The highest BCUT2D eigenvalue weighted by atomic mass is 16.7. The molecule has 0 radical (unpaired) electrons. The summed E-state index contributed by atoms with van der Waals surface area (Å²) >= 11 is 0. The van der Waals surface area contributed by atoms with Crippen molar-refractivity contribution in [2.45, 2.75) is 311 Å². The van der Waals surface area contributed by atoms with Crippen molar-refractivity contribution in [3.63, 3.8) is 0 Å². The Morgan fingerprint density at radius 3 is 0.672 bits per heavy atom. The Kier molecular flexibility index (Phi) is 55.9. The topological polar surface area (TPSA) is 64.6 Å². The van der Waals surface area contributed by atoms with Crippen LogP contribution in [0.5, 0.6) is 0 Å². The third kappa shape index (κ3) is 48.0. The zero-order valence-electron chi connectivity index (χ0n) is 46.2. The molecule has 0 aliphatic carbocycles. The smallest absolute Gasteiger partial charge is 0.159 e. The van der Waals surface area contributed by atoms with Crippen LogP contribution in [-0.4, -0.2) is 53.2 Å². The van der Waals surface area contributed by atoms with E-state index >= 15 is 0 Å². The van der Waals surface area contributed by atoms with Gasteiger partial charge in [0.05, 0.1) is 26.4 Å². The zero-order chi connectivity index (χ0) is 48.6. The minimum absolute atomic E-state index is 0.129. The summed E-state index contributed by atoms with van der Waals surface area (Å²) in [5.74, 6) is 3.69. The molecule has 0 saturated heterocycles. The van der Waals surface area contributed by atoms with Gasteiger partial charge in [-0.1, -0.05) is 260 Å². The molecule has 0 amide bonds. The molecule has 0 aromatic heterocycles. The maximum atomic E-state index is 6.59. The molecule has 400 valence electrons. The van der Waals surface area contributed by atoms with Gasteiger partial charge in [0.1, 0.15) is 38.3 Å². The molecule has 67 heavy (non-hydrogen) atoms. The van der Waals surface area contributed by atoms with E-state index in [0.717, 1.165) is 87.6 Å². The number of allylic oxidation sites excluding steroid dienone is 2. The molecule has 0 aromatic rings. The molecule has 0 N–H and O–H groups in total. The molecule has 0 bridgehead atoms. The van der Waals surface area contributed by atoms with Crippen molar-refractivity contribution in [1.82, 2.24) is 0 Å². The van der Waals surface area contributed by atoms with E-state index in [0.29, 0.717) is 26.4 Å². The van der Waals surface area contributed by atoms with Crippen LogP contribution >= 0.6 is 0 Å². The van der Waals surface area contributed by atoms with Gasteiger partial charge in [-0.25, -0.2) is 0 Å². The summed E-state index contributed by atoms with van der Waals surface area (Å²) in [6, 6.07) is 0. The molecule has 0 heterocycles. The molecular weight excluding hydrogens is 833 g/mol. The van der Waals surface area contributed by atoms with Crippen LogP contribution < -0.4 is 0 Å². The lowest BCUT2D eigenvalue weighted by molar-refractivity contribution is -0.132. The molecule has 0 aliphatic rings. The number of rotatable bonds is 58. The standard InChI is InChI=1S/C60H118O7/c1-7-13-19-25-31-33-35-41-47-57(64-49-43-37-27-21-15-9-3)59(66-51-45-39-29-23-17-11-5)53-61-55-63-56-62-54-60(67-52-46-40-30-24-18-12-6)58(65-50-44-38-28-22-16-10-4)48-42-36-34-32-26-20-14-8-2/h7-56H2,1-6H3. The molecule has 0 rings (SSSR count). The average molecular weight is 952 g/mol. The molecule has 0 spiro atoms. The molecule has 7 nitrogen and oxygen atoms in total. The van der Waals surface area contributed by atoms with E-state index in [4.69, 9.17) is 33.2 Å². The lowest BCUT2D eigenvalue weighted by Gasteiger charge is -2.19. The van der Waals surface area contributed by atoms with E-state index in [-0.39, 0.29) is 13.6 Å². The van der Waals surface area contributed by atoms with E-state index in [1.807, 2.05) is 0 Å². The first-order valence-electron chi connectivity index (χ1n) is 29.9. The van der Waals surface area contributed by atoms with Crippen molar-refractivity contribution in [3.8, 4) is 0 Å². The SMILES string of the molecule is CCCCCCCCCCC(OCCCCCCCC)=C(COCOCOCC(OCCCCCCCC)=C(CCCCCCCCCC)OCCCCCCCC)OCCCCCCCC. The van der Waals surface area contributed by atoms with Crippen LogP contribution in [0.2, 0.25) is 0 Å². The molecule has 0 saturated carbocycles. The first-order valence-corrected chi connectivity index (χ1v) is 29.9. The predicted molar refractivity (Wildman–Crippen MR) is 289 cm³/mol. The van der Waals surface area contributed by atoms with E-state index in [9.17, 15) is 0 Å². The third-order valence-corrected chi connectivity index (χ3v) is 13.0. The quantitative estimate of drug-likeness (QED) is 0.0342. The Morgan fingerprint density at radius 2 is 0.418 bits per heavy atom. The first kappa shape index (κ1) is 65.6. The monoisotopic (exact) mass is 951 g/mol. The normalized spacial score (nSPS) is 12.4. The summed E-state index contributed by atoms with van der Waals surface area (Å²) in [5.41, 5.74) is 0. The summed E-state index contributed by atoms with van der Waals surface area (Å²) in [6.45, 7) is 17.5. The van der Waals surface area contributed by atoms with Crippen molar-refractivity contribution < 1.29 is 33.2 Å². The van der Waals surface area contributed by atoms with E-state index in [1.165, 1.54) is 218 Å². The van der Waals surface area contributed by atoms with Gasteiger partial charge in [-0.15, -0.1) is 0 Å². The second-order valence-corrected chi connectivity index (χ2v) is 19.7. The Morgan fingerprint density at radius 1 is 0.209 bits per heavy atom. The summed E-state index contributed by atoms with van der Waals surface area (Å²) in [4.78, 5) is 0. The van der Waals surface area contributed by atoms with Crippen molar-refractivity contribution >= 4 is 0 Å². The van der Waals surface area contributed by atoms with Gasteiger partial charge >= 0.3 is 0 Å². The Labute approximate surface area is 419 Å². The summed E-state index contributed by atoms with van der Waals surface area (Å²) < 4.78 is 44.6. The zero-order valence-corrected chi connectivity index (χ0v) is 46.2. The molecule has 0 atom stereocenters. The van der Waals surface area contributed by atoms with Gasteiger partial charge in [-0.3, -0.25) is 0 Å². The molecule has 0 aromatic carbocycles. The summed E-state index contributed by atoms with van der Waals surface area (Å²) in [5, 5.41) is 0. The van der Waals surface area contributed by atoms with Crippen LogP contribution in [0.25, 0.3) is 0 Å². The molecule has 0 aliphatic heterocycles. The fraction of sp³-hybridized carbons (Fsp3) is 0.933. The van der Waals surface area contributed by atoms with Gasteiger partial charge in [-0.2, -0.15) is 0 Å². The fourth-order valence-electron chi connectivity index (χ4n) is 8.56. The van der Waals surface area contributed by atoms with Crippen LogP contribution in [0, 0.1) is 0 Å². The lowest BCUT2D eigenvalue weighted by Crippen LogP contribution is -2.14. The molecular formula is C60H118O7. The second-order valence-electron chi connectivity index (χ2n) is 19.7. The summed E-state index contributed by atoms with van der Waals surface area (Å²) in [6.07, 6.45) is 52.3. The van der Waals surface area contributed by atoms with Crippen LogP contribution in [0.15, 0.2) is 23.0 Å². The van der Waals surface area contributed by atoms with Gasteiger partial charge in [0, 0.05) is 12.8 Å². The van der Waals surface area contributed by atoms with E-state index < -0.39 is 0 Å². The van der Waals surface area contributed by atoms with Crippen molar-refractivity contribution in [2.75, 3.05) is 53.2 Å². The van der Waals surface area contributed by atoms with Crippen molar-refractivity contribution in [1.29, 1.82) is 0 Å². The maximum Gasteiger partial charge on any atom is 0.159 e. The second kappa shape index (κ2) is 57.1. The fourth-order valence-corrected chi connectivity index (χ4v) is 8.56. The highest BCUT2D eigenvalue weighted by Crippen LogP contribution is 2.22. The van der Waals surface area contributed by atoms with Gasteiger partial charge in [0.15, 0.2) is 11.5 Å². The average Bonchev–Trinajstić information content (AvgIpc) is 3.34. The minimum Gasteiger partial charge on any atom is -0.494 e. The van der Waals surface area contributed by atoms with Gasteiger partial charge in [0.2, 0.25) is 0 Å². The Hall–Kier alpha value is -1.44. The van der Waals surface area contributed by atoms with Crippen molar-refractivity contribution in [3.05, 3.63) is 23.0 Å². The molecule has 0 unspecified atom stereocenters. The highest BCUT2D eigenvalue weighted by Gasteiger charge is 2.14. The van der Waals surface area contributed by atoms with Crippen LogP contribution in [0.4, 0.5) is 0 Å². The largest absolute Gasteiger partial charge is 0.494 e. The Balaban J connectivity index is 5.72. The minimum atomic E-state index is 0.129. The maximum absolute atomic E-state index is 6.59. The van der Waals surface area contributed by atoms with Crippen LogP contribution in [0.3, 0.4) is 0 Å². The molecule has 0 fully saturated rings. The first-order chi connectivity index (χ1) is 33.2. The van der Waals surface area contributed by atoms with Gasteiger partial charge in [0.25, 0.3) is 0 Å². The highest BCUT2D eigenvalue weighted by molar-refractivity contribution is 5.03. The number of unbranched alkanes of at least 4 members (excludes halogenated alkanes) is 34. The van der Waals surface area contributed by atoms with Crippen molar-refractivity contribution in [2.24, 2.45) is 0 Å². The Bertz CT molecular complexity index is 934. The third-order valence-electron chi connectivity index (χ3n) is 13.0. The van der Waals surface area contributed by atoms with E-state index in [2.05, 4.69) is 41.5 Å². The lowest BCUT2D eigenvalue weighted by atomic mass is 10.1. The molecule has 7 heteroatoms. The summed E-state index contributed by atoms with van der Waals surface area (Å²) in [7, 11) is 0. The van der Waals surface area contributed by atoms with Gasteiger partial charge in [-0.05, 0) is 38.5 Å². The van der Waals surface area contributed by atoms with Crippen LogP contribution in [-0.2, 0) is 33.2 Å². The van der Waals surface area contributed by atoms with Gasteiger partial charge < -0.3 is 33.2 Å².